The molecule has 5 heteroatoms. The molecule has 96 valence electrons. The maximum atomic E-state index is 9.30. The summed E-state index contributed by atoms with van der Waals surface area (Å²) in [5, 5.41) is 16.7. The minimum atomic E-state index is -0.0848. The van der Waals surface area contributed by atoms with Crippen LogP contribution in [0, 0.1) is 0 Å². The summed E-state index contributed by atoms with van der Waals surface area (Å²) in [5.41, 5.74) is 13.3. The molecule has 19 heavy (non-hydrogen) atoms. The first-order chi connectivity index (χ1) is 9.16. The van der Waals surface area contributed by atoms with Gasteiger partial charge in [0.1, 0.15) is 5.75 Å². The summed E-state index contributed by atoms with van der Waals surface area (Å²) in [5.74, 6) is 0.147. The van der Waals surface area contributed by atoms with Gasteiger partial charge in [-0.05, 0) is 23.3 Å². The standard InChI is InChI=1S/C14H14N4O/c15-14(16)18-17-9-11-3-1-2-4-13(11)10-5-7-12(19)8-6-10/h1-9,19H,(H4,15,16,18). The Bertz CT molecular complexity index is 614. The van der Waals surface area contributed by atoms with Crippen molar-refractivity contribution < 1.29 is 5.11 Å². The molecule has 0 fully saturated rings. The van der Waals surface area contributed by atoms with Crippen molar-refractivity contribution in [2.24, 2.45) is 21.7 Å². The molecule has 0 atom stereocenters. The fourth-order valence-corrected chi connectivity index (χ4v) is 1.67. The number of guanidine groups is 1. The average molecular weight is 254 g/mol. The number of hydrogen-bond acceptors (Lipinski definition) is 3. The van der Waals surface area contributed by atoms with Gasteiger partial charge in [0.25, 0.3) is 0 Å². The molecule has 0 aromatic heterocycles. The first-order valence-corrected chi connectivity index (χ1v) is 5.67. The molecule has 5 N–H and O–H groups in total. The fraction of sp³-hybridized carbons (Fsp3) is 0. The number of nitrogens with two attached hydrogens (primary N) is 2. The molecule has 0 aliphatic rings. The van der Waals surface area contributed by atoms with Gasteiger partial charge in [0.05, 0.1) is 6.21 Å². The topological polar surface area (TPSA) is 97.0 Å². The summed E-state index contributed by atoms with van der Waals surface area (Å²) in [4.78, 5) is 0. The van der Waals surface area contributed by atoms with Gasteiger partial charge in [-0.25, -0.2) is 0 Å². The lowest BCUT2D eigenvalue weighted by molar-refractivity contribution is 0.475. The zero-order valence-electron chi connectivity index (χ0n) is 10.2. The third kappa shape index (κ3) is 3.32. The number of nitrogens with zero attached hydrogens (tertiary/aromatic N) is 2. The number of phenols is 1. The summed E-state index contributed by atoms with van der Waals surface area (Å²) >= 11 is 0. The molecule has 5 nitrogen and oxygen atoms in total. The number of benzene rings is 2. The second kappa shape index (κ2) is 5.68. The highest BCUT2D eigenvalue weighted by Crippen LogP contribution is 2.24. The predicted molar refractivity (Wildman–Crippen MR) is 76.9 cm³/mol. The highest BCUT2D eigenvalue weighted by Gasteiger charge is 2.02. The molecule has 0 aliphatic heterocycles. The second-order valence-corrected chi connectivity index (χ2v) is 3.90. The van der Waals surface area contributed by atoms with E-state index in [9.17, 15) is 5.11 Å². The number of aromatic hydroxyl groups is 1. The molecule has 0 amide bonds. The molecule has 2 rings (SSSR count). The van der Waals surface area contributed by atoms with Gasteiger partial charge in [0.15, 0.2) is 0 Å². The van der Waals surface area contributed by atoms with Crippen LogP contribution in [0.1, 0.15) is 5.56 Å². The molecule has 2 aromatic rings. The Morgan fingerprint density at radius 2 is 1.68 bits per heavy atom. The Hall–Kier alpha value is -2.82. The normalized spacial score (nSPS) is 10.5. The zero-order chi connectivity index (χ0) is 13.7. The fourth-order valence-electron chi connectivity index (χ4n) is 1.67. The predicted octanol–water partition coefficient (Wildman–Crippen LogP) is 1.67. The van der Waals surface area contributed by atoms with Crippen LogP contribution in [-0.4, -0.2) is 17.3 Å². The number of rotatable bonds is 3. The SMILES string of the molecule is NC(N)=NN=Cc1ccccc1-c1ccc(O)cc1. The van der Waals surface area contributed by atoms with Crippen molar-refractivity contribution in [3.63, 3.8) is 0 Å². The van der Waals surface area contributed by atoms with Gasteiger partial charge in [0, 0.05) is 5.56 Å². The van der Waals surface area contributed by atoms with Crippen LogP contribution in [0.4, 0.5) is 0 Å². The molecule has 0 heterocycles. The van der Waals surface area contributed by atoms with Gasteiger partial charge in [-0.2, -0.15) is 5.10 Å². The van der Waals surface area contributed by atoms with E-state index in [4.69, 9.17) is 11.5 Å². The Morgan fingerprint density at radius 3 is 2.37 bits per heavy atom. The average Bonchev–Trinajstić information content (AvgIpc) is 2.40. The Labute approximate surface area is 110 Å². The molecule has 0 saturated heterocycles. The summed E-state index contributed by atoms with van der Waals surface area (Å²) in [6.07, 6.45) is 1.59. The monoisotopic (exact) mass is 254 g/mol. The van der Waals surface area contributed by atoms with Crippen LogP contribution in [0.5, 0.6) is 5.75 Å². The van der Waals surface area contributed by atoms with Crippen molar-refractivity contribution in [1.29, 1.82) is 0 Å². The van der Waals surface area contributed by atoms with E-state index in [0.717, 1.165) is 16.7 Å². The third-order valence-electron chi connectivity index (χ3n) is 2.51. The molecular formula is C14H14N4O. The van der Waals surface area contributed by atoms with Gasteiger partial charge in [-0.1, -0.05) is 36.4 Å². The van der Waals surface area contributed by atoms with Gasteiger partial charge in [0.2, 0.25) is 5.96 Å². The molecule has 0 radical (unpaired) electrons. The Kier molecular flexibility index (Phi) is 3.78. The Balaban J connectivity index is 2.38. The molecule has 0 bridgehead atoms. The highest BCUT2D eigenvalue weighted by molar-refractivity contribution is 5.90. The van der Waals surface area contributed by atoms with E-state index in [-0.39, 0.29) is 11.7 Å². The molecule has 0 spiro atoms. The second-order valence-electron chi connectivity index (χ2n) is 3.90. The maximum Gasteiger partial charge on any atom is 0.211 e. The van der Waals surface area contributed by atoms with E-state index in [0.29, 0.717) is 0 Å². The van der Waals surface area contributed by atoms with E-state index in [1.54, 1.807) is 18.3 Å². The van der Waals surface area contributed by atoms with E-state index in [1.165, 1.54) is 0 Å². The Morgan fingerprint density at radius 1 is 1.00 bits per heavy atom. The van der Waals surface area contributed by atoms with E-state index < -0.39 is 0 Å². The summed E-state index contributed by atoms with van der Waals surface area (Å²) < 4.78 is 0. The van der Waals surface area contributed by atoms with Crippen molar-refractivity contribution in [3.8, 4) is 16.9 Å². The van der Waals surface area contributed by atoms with Crippen LogP contribution in [0.2, 0.25) is 0 Å². The number of hydrogen-bond donors (Lipinski definition) is 3. The molecule has 0 unspecified atom stereocenters. The zero-order valence-corrected chi connectivity index (χ0v) is 10.2. The van der Waals surface area contributed by atoms with E-state index >= 15 is 0 Å². The minimum absolute atomic E-state index is 0.0848. The van der Waals surface area contributed by atoms with Crippen LogP contribution in [-0.2, 0) is 0 Å². The van der Waals surface area contributed by atoms with Gasteiger partial charge in [-0.15, -0.1) is 5.10 Å². The molecular weight excluding hydrogens is 240 g/mol. The summed E-state index contributed by atoms with van der Waals surface area (Å²) in [6.45, 7) is 0. The molecule has 0 saturated carbocycles. The van der Waals surface area contributed by atoms with Gasteiger partial charge < -0.3 is 16.6 Å². The van der Waals surface area contributed by atoms with Crippen molar-refractivity contribution >= 4 is 12.2 Å². The van der Waals surface area contributed by atoms with Gasteiger partial charge in [-0.3, -0.25) is 0 Å². The summed E-state index contributed by atoms with van der Waals surface area (Å²) in [6, 6.07) is 14.7. The highest BCUT2D eigenvalue weighted by atomic mass is 16.3. The molecule has 2 aromatic carbocycles. The third-order valence-corrected chi connectivity index (χ3v) is 2.51. The van der Waals surface area contributed by atoms with E-state index in [2.05, 4.69) is 10.2 Å². The quantitative estimate of drug-likeness (QED) is 0.441. The smallest absolute Gasteiger partial charge is 0.211 e. The lowest BCUT2D eigenvalue weighted by atomic mass is 10.0. The largest absolute Gasteiger partial charge is 0.508 e. The lowest BCUT2D eigenvalue weighted by Crippen LogP contribution is -2.21. The first kappa shape index (κ1) is 12.6. The van der Waals surface area contributed by atoms with E-state index in [1.807, 2.05) is 36.4 Å². The van der Waals surface area contributed by atoms with Gasteiger partial charge >= 0.3 is 0 Å². The maximum absolute atomic E-state index is 9.30. The van der Waals surface area contributed by atoms with Crippen LogP contribution in [0.15, 0.2) is 58.7 Å². The van der Waals surface area contributed by atoms with Crippen molar-refractivity contribution in [1.82, 2.24) is 0 Å². The van der Waals surface area contributed by atoms with Crippen molar-refractivity contribution in [2.75, 3.05) is 0 Å². The van der Waals surface area contributed by atoms with Crippen molar-refractivity contribution in [2.45, 2.75) is 0 Å². The van der Waals surface area contributed by atoms with Crippen LogP contribution < -0.4 is 11.5 Å². The lowest BCUT2D eigenvalue weighted by Gasteiger charge is -2.05. The minimum Gasteiger partial charge on any atom is -0.508 e. The first-order valence-electron chi connectivity index (χ1n) is 5.67. The van der Waals surface area contributed by atoms with Crippen LogP contribution in [0.25, 0.3) is 11.1 Å². The number of phenolic OH excluding ortho intramolecular Hbond substituents is 1. The van der Waals surface area contributed by atoms with Crippen LogP contribution in [0.3, 0.4) is 0 Å². The van der Waals surface area contributed by atoms with Crippen molar-refractivity contribution in [3.05, 3.63) is 54.1 Å². The van der Waals surface area contributed by atoms with Crippen LogP contribution >= 0.6 is 0 Å². The molecule has 0 aliphatic carbocycles. The summed E-state index contributed by atoms with van der Waals surface area (Å²) in [7, 11) is 0.